The molecule has 3 aromatic rings. The van der Waals surface area contributed by atoms with Crippen molar-refractivity contribution in [3.8, 4) is 0 Å². The second-order valence-electron chi connectivity index (χ2n) is 4.26. The smallest absolute Gasteiger partial charge is 0.356 e. The maximum Gasteiger partial charge on any atom is 0.356 e. The van der Waals surface area contributed by atoms with Gasteiger partial charge in [-0.3, -0.25) is 4.79 Å². The molecule has 0 aliphatic carbocycles. The van der Waals surface area contributed by atoms with E-state index in [0.717, 1.165) is 10.9 Å². The van der Waals surface area contributed by atoms with Gasteiger partial charge in [-0.2, -0.15) is 0 Å². The Morgan fingerprint density at radius 2 is 1.86 bits per heavy atom. The van der Waals surface area contributed by atoms with Crippen molar-refractivity contribution >= 4 is 28.5 Å². The predicted octanol–water partition coefficient (Wildman–Crippen LogP) is 1.91. The molecule has 0 saturated heterocycles. The quantitative estimate of drug-likeness (QED) is 0.680. The van der Waals surface area contributed by atoms with Crippen LogP contribution in [-0.4, -0.2) is 31.9 Å². The molecule has 2 aromatic heterocycles. The van der Waals surface area contributed by atoms with Crippen LogP contribution in [0.25, 0.3) is 10.9 Å². The first-order valence-corrected chi connectivity index (χ1v) is 6.08. The van der Waals surface area contributed by atoms with E-state index in [2.05, 4.69) is 20.3 Å². The van der Waals surface area contributed by atoms with Gasteiger partial charge in [0.25, 0.3) is 5.91 Å². The van der Waals surface area contributed by atoms with Crippen molar-refractivity contribution in [2.45, 2.75) is 0 Å². The van der Waals surface area contributed by atoms with Crippen LogP contribution in [0.15, 0.2) is 42.9 Å². The van der Waals surface area contributed by atoms with Crippen molar-refractivity contribution < 1.29 is 14.7 Å². The van der Waals surface area contributed by atoms with Crippen LogP contribution in [-0.2, 0) is 0 Å². The van der Waals surface area contributed by atoms with E-state index in [0.29, 0.717) is 5.69 Å². The lowest BCUT2D eigenvalue weighted by Crippen LogP contribution is -2.19. The molecule has 3 N–H and O–H groups in total. The van der Waals surface area contributed by atoms with Gasteiger partial charge in [-0.25, -0.2) is 14.8 Å². The molecular formula is C14H10N4O3. The lowest BCUT2D eigenvalue weighted by atomic mass is 10.2. The summed E-state index contributed by atoms with van der Waals surface area (Å²) in [6.45, 7) is 0. The highest BCUT2D eigenvalue weighted by Gasteiger charge is 2.19. The highest BCUT2D eigenvalue weighted by atomic mass is 16.4. The van der Waals surface area contributed by atoms with Crippen LogP contribution in [0.4, 0.5) is 5.69 Å². The number of carboxylic acids is 1. The standard InChI is InChI=1S/C14H10N4O3/c19-13(11-12(14(20)21)17-7-6-16-11)18-10-3-1-2-9-8(10)4-5-15-9/h1-7,15H,(H,18,19)(H,20,21). The van der Waals surface area contributed by atoms with Gasteiger partial charge in [0.15, 0.2) is 11.4 Å². The van der Waals surface area contributed by atoms with Crippen molar-refractivity contribution in [3.05, 3.63) is 54.2 Å². The SMILES string of the molecule is O=C(O)c1nccnc1C(=O)Nc1cccc2[nH]ccc12. The van der Waals surface area contributed by atoms with E-state index in [1.807, 2.05) is 12.1 Å². The Balaban J connectivity index is 1.97. The molecule has 0 atom stereocenters. The monoisotopic (exact) mass is 282 g/mol. The Morgan fingerprint density at radius 3 is 2.62 bits per heavy atom. The first-order chi connectivity index (χ1) is 10.2. The zero-order valence-electron chi connectivity index (χ0n) is 10.7. The number of hydrogen-bond acceptors (Lipinski definition) is 4. The third kappa shape index (κ3) is 2.32. The van der Waals surface area contributed by atoms with Gasteiger partial charge in [-0.1, -0.05) is 6.07 Å². The minimum absolute atomic E-state index is 0.225. The summed E-state index contributed by atoms with van der Waals surface area (Å²) < 4.78 is 0. The molecule has 0 aliphatic heterocycles. The topological polar surface area (TPSA) is 108 Å². The Bertz CT molecular complexity index is 841. The van der Waals surface area contributed by atoms with Gasteiger partial charge in [0.2, 0.25) is 0 Å². The average Bonchev–Trinajstić information content (AvgIpc) is 2.96. The second-order valence-corrected chi connectivity index (χ2v) is 4.26. The summed E-state index contributed by atoms with van der Waals surface area (Å²) >= 11 is 0. The second kappa shape index (κ2) is 5.04. The normalized spacial score (nSPS) is 10.5. The number of fused-ring (bicyclic) bond motifs is 1. The highest BCUT2D eigenvalue weighted by Crippen LogP contribution is 2.22. The van der Waals surface area contributed by atoms with E-state index in [4.69, 9.17) is 5.11 Å². The summed E-state index contributed by atoms with van der Waals surface area (Å²) in [5.74, 6) is -1.91. The number of aromatic nitrogens is 3. The van der Waals surface area contributed by atoms with E-state index in [9.17, 15) is 9.59 Å². The number of carbonyl (C=O) groups excluding carboxylic acids is 1. The molecule has 1 aromatic carbocycles. The van der Waals surface area contributed by atoms with Crippen molar-refractivity contribution in [2.75, 3.05) is 5.32 Å². The van der Waals surface area contributed by atoms with Crippen LogP contribution in [0.5, 0.6) is 0 Å². The molecule has 0 bridgehead atoms. The number of H-pyrrole nitrogens is 1. The fourth-order valence-corrected chi connectivity index (χ4v) is 2.04. The summed E-state index contributed by atoms with van der Waals surface area (Å²) in [5.41, 5.74) is 0.833. The van der Waals surface area contributed by atoms with Crippen molar-refractivity contribution in [1.29, 1.82) is 0 Å². The summed E-state index contributed by atoms with van der Waals surface area (Å²) in [6.07, 6.45) is 4.26. The van der Waals surface area contributed by atoms with Gasteiger partial charge in [-0.15, -0.1) is 0 Å². The van der Waals surface area contributed by atoms with Crippen LogP contribution >= 0.6 is 0 Å². The molecule has 3 rings (SSSR count). The minimum Gasteiger partial charge on any atom is -0.476 e. The van der Waals surface area contributed by atoms with Crippen LogP contribution in [0.3, 0.4) is 0 Å². The first-order valence-electron chi connectivity index (χ1n) is 6.08. The predicted molar refractivity (Wildman–Crippen MR) is 75.2 cm³/mol. The molecule has 0 fully saturated rings. The fourth-order valence-electron chi connectivity index (χ4n) is 2.04. The highest BCUT2D eigenvalue weighted by molar-refractivity contribution is 6.11. The van der Waals surface area contributed by atoms with E-state index in [-0.39, 0.29) is 11.4 Å². The van der Waals surface area contributed by atoms with E-state index in [1.54, 1.807) is 18.3 Å². The Morgan fingerprint density at radius 1 is 1.10 bits per heavy atom. The summed E-state index contributed by atoms with van der Waals surface area (Å²) in [7, 11) is 0. The van der Waals surface area contributed by atoms with Crippen molar-refractivity contribution in [2.24, 2.45) is 0 Å². The van der Waals surface area contributed by atoms with Crippen LogP contribution in [0, 0.1) is 0 Å². The Hall–Kier alpha value is -3.22. The van der Waals surface area contributed by atoms with Gasteiger partial charge >= 0.3 is 5.97 Å². The third-order valence-corrected chi connectivity index (χ3v) is 2.96. The summed E-state index contributed by atoms with van der Waals surface area (Å²) in [4.78, 5) is 33.8. The molecule has 7 heteroatoms. The zero-order chi connectivity index (χ0) is 14.8. The number of carbonyl (C=O) groups is 2. The lowest BCUT2D eigenvalue weighted by Gasteiger charge is -2.07. The van der Waals surface area contributed by atoms with E-state index in [1.165, 1.54) is 12.4 Å². The Kier molecular flexibility index (Phi) is 3.07. The fraction of sp³-hybridized carbons (Fsp3) is 0. The number of rotatable bonds is 3. The van der Waals surface area contributed by atoms with Gasteiger partial charge in [0, 0.05) is 29.5 Å². The summed E-state index contributed by atoms with van der Waals surface area (Å²) in [5, 5.41) is 12.5. The number of benzene rings is 1. The average molecular weight is 282 g/mol. The molecule has 0 spiro atoms. The largest absolute Gasteiger partial charge is 0.476 e. The summed E-state index contributed by atoms with van der Waals surface area (Å²) in [6, 6.07) is 7.20. The van der Waals surface area contributed by atoms with Crippen LogP contribution < -0.4 is 5.32 Å². The maximum absolute atomic E-state index is 12.2. The molecular weight excluding hydrogens is 272 g/mol. The van der Waals surface area contributed by atoms with Gasteiger partial charge < -0.3 is 15.4 Å². The van der Waals surface area contributed by atoms with Gasteiger partial charge in [0.05, 0.1) is 5.69 Å². The molecule has 2 heterocycles. The van der Waals surface area contributed by atoms with Crippen molar-refractivity contribution in [1.82, 2.24) is 15.0 Å². The number of aromatic carboxylic acids is 1. The number of carboxylic acid groups (broad SMARTS) is 1. The molecule has 0 aliphatic rings. The van der Waals surface area contributed by atoms with Gasteiger partial charge in [-0.05, 0) is 18.2 Å². The van der Waals surface area contributed by atoms with E-state index >= 15 is 0 Å². The number of nitrogens with one attached hydrogen (secondary N) is 2. The molecule has 104 valence electrons. The number of nitrogens with zero attached hydrogens (tertiary/aromatic N) is 2. The minimum atomic E-state index is -1.30. The first kappa shape index (κ1) is 12.8. The zero-order valence-corrected chi connectivity index (χ0v) is 10.7. The molecule has 0 saturated carbocycles. The lowest BCUT2D eigenvalue weighted by molar-refractivity contribution is 0.0685. The Labute approximate surface area is 118 Å². The van der Waals surface area contributed by atoms with Crippen LogP contribution in [0.1, 0.15) is 21.0 Å². The number of anilines is 1. The maximum atomic E-state index is 12.2. The number of hydrogen-bond donors (Lipinski definition) is 3. The molecule has 1 amide bonds. The molecule has 21 heavy (non-hydrogen) atoms. The van der Waals surface area contributed by atoms with Gasteiger partial charge in [0.1, 0.15) is 0 Å². The van der Waals surface area contributed by atoms with Crippen molar-refractivity contribution in [3.63, 3.8) is 0 Å². The molecule has 7 nitrogen and oxygen atoms in total. The number of amides is 1. The molecule has 0 radical (unpaired) electrons. The molecule has 0 unspecified atom stereocenters. The van der Waals surface area contributed by atoms with Crippen LogP contribution in [0.2, 0.25) is 0 Å². The number of aromatic amines is 1. The third-order valence-electron chi connectivity index (χ3n) is 2.96. The van der Waals surface area contributed by atoms with E-state index < -0.39 is 11.9 Å².